The summed E-state index contributed by atoms with van der Waals surface area (Å²) in [5, 5.41) is 9.98. The zero-order valence-corrected chi connectivity index (χ0v) is 18.9. The fraction of sp³-hybridized carbons (Fsp3) is 0.706. The molecule has 2 heterocycles. The van der Waals surface area contributed by atoms with Crippen LogP contribution in [-0.4, -0.2) is 54.2 Å². The number of hydrogen-bond donors (Lipinski definition) is 2. The first-order valence-electron chi connectivity index (χ1n) is 9.06. The first kappa shape index (κ1) is 22.9. The Morgan fingerprint density at radius 1 is 1.38 bits per heavy atom. The molecule has 1 aliphatic heterocycles. The number of aromatic nitrogens is 1. The van der Waals surface area contributed by atoms with Gasteiger partial charge in [0.25, 0.3) is 0 Å². The van der Waals surface area contributed by atoms with E-state index in [-0.39, 0.29) is 30.1 Å². The van der Waals surface area contributed by atoms with E-state index >= 15 is 0 Å². The van der Waals surface area contributed by atoms with Gasteiger partial charge in [-0.3, -0.25) is 0 Å². The molecule has 1 saturated heterocycles. The van der Waals surface area contributed by atoms with Crippen LogP contribution >= 0.6 is 35.3 Å². The van der Waals surface area contributed by atoms with Gasteiger partial charge in [0, 0.05) is 31.1 Å². The lowest BCUT2D eigenvalue weighted by Gasteiger charge is -2.32. The van der Waals surface area contributed by atoms with Gasteiger partial charge in [0.2, 0.25) is 0 Å². The average Bonchev–Trinajstić information content (AvgIpc) is 3.09. The van der Waals surface area contributed by atoms with Gasteiger partial charge in [-0.2, -0.15) is 0 Å². The number of hydrogen-bond acceptors (Lipinski definition) is 5. The van der Waals surface area contributed by atoms with Crippen molar-refractivity contribution in [3.05, 3.63) is 16.1 Å². The number of guanidine groups is 1. The quantitative estimate of drug-likeness (QED) is 0.361. The molecule has 0 saturated carbocycles. The van der Waals surface area contributed by atoms with Crippen LogP contribution < -0.4 is 10.6 Å². The molecule has 1 aromatic heterocycles. The van der Waals surface area contributed by atoms with Crippen molar-refractivity contribution in [1.29, 1.82) is 0 Å². The molecule has 0 atom stereocenters. The number of rotatable bonds is 6. The summed E-state index contributed by atoms with van der Waals surface area (Å²) in [4.78, 5) is 22.7. The molecule has 0 aliphatic carbocycles. The molecule has 1 aliphatic rings. The predicted molar refractivity (Wildman–Crippen MR) is 116 cm³/mol. The van der Waals surface area contributed by atoms with Crippen molar-refractivity contribution >= 4 is 47.4 Å². The number of likely N-dealkylation sites (tertiary alicyclic amines) is 1. The lowest BCUT2D eigenvalue weighted by molar-refractivity contribution is 0.0963. The number of carbonyl (C=O) groups is 1. The lowest BCUT2D eigenvalue weighted by Crippen LogP contribution is -2.49. The van der Waals surface area contributed by atoms with Gasteiger partial charge >= 0.3 is 6.09 Å². The van der Waals surface area contributed by atoms with Crippen molar-refractivity contribution < 1.29 is 9.53 Å². The summed E-state index contributed by atoms with van der Waals surface area (Å²) in [6, 6.07) is 0.310. The van der Waals surface area contributed by atoms with Crippen LogP contribution in [0.1, 0.15) is 44.3 Å². The Morgan fingerprint density at radius 3 is 2.69 bits per heavy atom. The van der Waals surface area contributed by atoms with Crippen LogP contribution in [0.2, 0.25) is 0 Å². The number of thiazole rings is 1. The van der Waals surface area contributed by atoms with E-state index in [4.69, 9.17) is 4.74 Å². The smallest absolute Gasteiger partial charge is 0.409 e. The second kappa shape index (κ2) is 12.3. The van der Waals surface area contributed by atoms with E-state index in [0.29, 0.717) is 32.3 Å². The fourth-order valence-corrected chi connectivity index (χ4v) is 3.41. The van der Waals surface area contributed by atoms with E-state index in [1.54, 1.807) is 16.2 Å². The van der Waals surface area contributed by atoms with Gasteiger partial charge in [0.1, 0.15) is 0 Å². The van der Waals surface area contributed by atoms with Crippen molar-refractivity contribution in [2.75, 3.05) is 26.2 Å². The van der Waals surface area contributed by atoms with Gasteiger partial charge in [-0.25, -0.2) is 14.8 Å². The highest BCUT2D eigenvalue weighted by Gasteiger charge is 2.24. The number of ether oxygens (including phenoxy) is 1. The van der Waals surface area contributed by atoms with Crippen LogP contribution in [0, 0.1) is 0 Å². The van der Waals surface area contributed by atoms with Gasteiger partial charge in [0.15, 0.2) is 5.96 Å². The highest BCUT2D eigenvalue weighted by molar-refractivity contribution is 14.0. The number of nitrogens with zero attached hydrogens (tertiary/aromatic N) is 3. The monoisotopic (exact) mass is 495 g/mol. The summed E-state index contributed by atoms with van der Waals surface area (Å²) in [7, 11) is 0. The Bertz CT molecular complexity index is 573. The molecular weight excluding hydrogens is 465 g/mol. The summed E-state index contributed by atoms with van der Waals surface area (Å²) in [6.07, 6.45) is 2.53. The van der Waals surface area contributed by atoms with Gasteiger partial charge in [-0.05, 0) is 33.1 Å². The average molecular weight is 495 g/mol. The van der Waals surface area contributed by atoms with Crippen molar-refractivity contribution in [1.82, 2.24) is 20.5 Å². The molecule has 0 aromatic carbocycles. The minimum absolute atomic E-state index is 0. The maximum Gasteiger partial charge on any atom is 0.409 e. The van der Waals surface area contributed by atoms with E-state index in [2.05, 4.69) is 39.8 Å². The zero-order chi connectivity index (χ0) is 18.1. The van der Waals surface area contributed by atoms with Gasteiger partial charge < -0.3 is 20.3 Å². The molecule has 1 aromatic rings. The molecule has 1 fully saturated rings. The summed E-state index contributed by atoms with van der Waals surface area (Å²) in [5.74, 6) is 0.808. The van der Waals surface area contributed by atoms with E-state index in [0.717, 1.165) is 42.5 Å². The van der Waals surface area contributed by atoms with Crippen molar-refractivity contribution in [2.45, 2.75) is 52.6 Å². The zero-order valence-electron chi connectivity index (χ0n) is 15.8. The Morgan fingerprint density at radius 2 is 2.12 bits per heavy atom. The minimum Gasteiger partial charge on any atom is -0.450 e. The number of aryl methyl sites for hydroxylation is 1. The topological polar surface area (TPSA) is 78.9 Å². The number of amides is 1. The van der Waals surface area contributed by atoms with E-state index < -0.39 is 0 Å². The number of aliphatic imine (C=N–C) groups is 1. The van der Waals surface area contributed by atoms with E-state index in [9.17, 15) is 4.79 Å². The molecule has 0 bridgehead atoms. The summed E-state index contributed by atoms with van der Waals surface area (Å²) in [5.41, 5.74) is 1.01. The first-order chi connectivity index (χ1) is 12.2. The highest BCUT2D eigenvalue weighted by Crippen LogP contribution is 2.13. The van der Waals surface area contributed by atoms with Crippen LogP contribution in [0.4, 0.5) is 4.79 Å². The normalized spacial score (nSPS) is 15.3. The number of nitrogens with one attached hydrogen (secondary N) is 2. The lowest BCUT2D eigenvalue weighted by atomic mass is 10.1. The maximum atomic E-state index is 11.8. The molecule has 0 unspecified atom stereocenters. The van der Waals surface area contributed by atoms with Crippen molar-refractivity contribution in [2.24, 2.45) is 4.99 Å². The van der Waals surface area contributed by atoms with Crippen molar-refractivity contribution in [3.63, 3.8) is 0 Å². The van der Waals surface area contributed by atoms with Crippen molar-refractivity contribution in [3.8, 4) is 0 Å². The molecule has 0 spiro atoms. The molecule has 0 radical (unpaired) electrons. The predicted octanol–water partition coefficient (Wildman–Crippen LogP) is 3.00. The van der Waals surface area contributed by atoms with Crippen LogP contribution in [0.25, 0.3) is 0 Å². The largest absolute Gasteiger partial charge is 0.450 e. The summed E-state index contributed by atoms with van der Waals surface area (Å²) >= 11 is 1.69. The standard InChI is InChI=1S/C17H29N5O2S.HI/c1-4-15-20-14(12-25-15)11-19-16(18-5-2)21-13-7-9-22(10-8-13)17(23)24-6-3;/h12-13H,4-11H2,1-3H3,(H2,18,19,21);1H. The molecule has 2 N–H and O–H groups in total. The second-order valence-corrected chi connectivity index (χ2v) is 6.83. The molecule has 26 heavy (non-hydrogen) atoms. The number of carbonyl (C=O) groups excluding carboxylic acids is 1. The molecule has 148 valence electrons. The third-order valence-electron chi connectivity index (χ3n) is 4.01. The molecule has 9 heteroatoms. The Kier molecular flexibility index (Phi) is 10.9. The number of halogens is 1. The second-order valence-electron chi connectivity index (χ2n) is 5.89. The van der Waals surface area contributed by atoms with Crippen LogP contribution in [0.5, 0.6) is 0 Å². The Labute approximate surface area is 177 Å². The Hall–Kier alpha value is -1.10. The van der Waals surface area contributed by atoms with Gasteiger partial charge in [-0.1, -0.05) is 6.92 Å². The van der Waals surface area contributed by atoms with Gasteiger partial charge in [-0.15, -0.1) is 35.3 Å². The minimum atomic E-state index is -0.211. The van der Waals surface area contributed by atoms with Gasteiger partial charge in [0.05, 0.1) is 23.9 Å². The maximum absolute atomic E-state index is 11.8. The third-order valence-corrected chi connectivity index (χ3v) is 5.05. The molecular formula is C17H30IN5O2S. The fourth-order valence-electron chi connectivity index (χ4n) is 2.68. The first-order valence-corrected chi connectivity index (χ1v) is 9.94. The SMILES string of the molecule is CCNC(=NCc1csc(CC)n1)NC1CCN(C(=O)OCC)CC1.I. The third kappa shape index (κ3) is 7.26. The highest BCUT2D eigenvalue weighted by atomic mass is 127. The molecule has 7 nitrogen and oxygen atoms in total. The summed E-state index contributed by atoms with van der Waals surface area (Å²) < 4.78 is 5.06. The molecule has 2 rings (SSSR count). The summed E-state index contributed by atoms with van der Waals surface area (Å²) in [6.45, 7) is 9.22. The number of piperidine rings is 1. The molecule has 1 amide bonds. The van der Waals surface area contributed by atoms with Crippen LogP contribution in [-0.2, 0) is 17.7 Å². The van der Waals surface area contributed by atoms with E-state index in [1.165, 1.54) is 0 Å². The van der Waals surface area contributed by atoms with Crippen LogP contribution in [0.15, 0.2) is 10.4 Å². The Balaban J connectivity index is 0.00000338. The van der Waals surface area contributed by atoms with Crippen LogP contribution in [0.3, 0.4) is 0 Å². The van der Waals surface area contributed by atoms with E-state index in [1.807, 2.05) is 6.92 Å².